The summed E-state index contributed by atoms with van der Waals surface area (Å²) in [6, 6.07) is 17.8. The molecule has 0 N–H and O–H groups in total. The van der Waals surface area contributed by atoms with Crippen molar-refractivity contribution in [3.8, 4) is 0 Å². The van der Waals surface area contributed by atoms with Crippen molar-refractivity contribution in [2.24, 2.45) is 5.41 Å². The van der Waals surface area contributed by atoms with Gasteiger partial charge in [0, 0.05) is 73.3 Å². The van der Waals surface area contributed by atoms with E-state index in [0.29, 0.717) is 23.4 Å². The minimum absolute atomic E-state index is 0.141. The van der Waals surface area contributed by atoms with E-state index >= 15 is 0 Å². The van der Waals surface area contributed by atoms with Crippen molar-refractivity contribution in [2.45, 2.75) is 37.8 Å². The smallest absolute Gasteiger partial charge is 0.243 e. The first-order valence-electron chi connectivity index (χ1n) is 11.9. The zero-order valence-electron chi connectivity index (χ0n) is 19.9. The average molecular weight is 485 g/mol. The average Bonchev–Trinajstić information content (AvgIpc) is 3.44. The second-order valence-electron chi connectivity index (χ2n) is 10.3. The van der Waals surface area contributed by atoms with Gasteiger partial charge in [0.1, 0.15) is 0 Å². The van der Waals surface area contributed by atoms with Gasteiger partial charge in [0.25, 0.3) is 0 Å². The van der Waals surface area contributed by atoms with Gasteiger partial charge in [-0.3, -0.25) is 9.97 Å². The number of rotatable bonds is 4. The molecule has 178 valence electrons. The summed E-state index contributed by atoms with van der Waals surface area (Å²) in [7, 11) is -3.69. The number of fused-ring (bicyclic) bond motifs is 2. The molecule has 0 radical (unpaired) electrons. The van der Waals surface area contributed by atoms with Crippen LogP contribution in [0.15, 0.2) is 84.3 Å². The van der Waals surface area contributed by atoms with Gasteiger partial charge in [0.2, 0.25) is 10.0 Å². The SMILES string of the molecule is CC1(C)CN(S(=O)(=O)c2ccc(N3Cc4ccncc4C3)c3cnccc23)CC1c1ccccc1. The van der Waals surface area contributed by atoms with Crippen LogP contribution in [0.2, 0.25) is 0 Å². The molecule has 2 aromatic heterocycles. The van der Waals surface area contributed by atoms with E-state index in [1.54, 1.807) is 22.8 Å². The highest BCUT2D eigenvalue weighted by atomic mass is 32.2. The van der Waals surface area contributed by atoms with E-state index in [2.05, 4.69) is 40.8 Å². The van der Waals surface area contributed by atoms with Crippen molar-refractivity contribution in [3.05, 3.63) is 96.1 Å². The Kier molecular flexibility index (Phi) is 5.16. The monoisotopic (exact) mass is 484 g/mol. The summed E-state index contributed by atoms with van der Waals surface area (Å²) in [6.45, 7) is 6.79. The van der Waals surface area contributed by atoms with Crippen LogP contribution in [0.4, 0.5) is 5.69 Å². The molecule has 0 saturated carbocycles. The third-order valence-electron chi connectivity index (χ3n) is 7.56. The first kappa shape index (κ1) is 22.2. The Labute approximate surface area is 206 Å². The predicted octanol–water partition coefficient (Wildman–Crippen LogP) is 4.96. The molecule has 2 aliphatic heterocycles. The molecule has 0 amide bonds. The van der Waals surface area contributed by atoms with E-state index in [9.17, 15) is 8.42 Å². The lowest BCUT2D eigenvalue weighted by Crippen LogP contribution is -2.30. The fourth-order valence-electron chi connectivity index (χ4n) is 5.68. The maximum atomic E-state index is 14.0. The Balaban J connectivity index is 1.38. The maximum Gasteiger partial charge on any atom is 0.243 e. The van der Waals surface area contributed by atoms with Gasteiger partial charge in [-0.2, -0.15) is 4.31 Å². The molecule has 1 atom stereocenters. The highest BCUT2D eigenvalue weighted by Gasteiger charge is 2.45. The van der Waals surface area contributed by atoms with Gasteiger partial charge in [-0.05, 0) is 46.4 Å². The number of nitrogens with zero attached hydrogens (tertiary/aromatic N) is 4. The molecule has 6 nitrogen and oxygen atoms in total. The highest BCUT2D eigenvalue weighted by molar-refractivity contribution is 7.89. The third-order valence-corrected chi connectivity index (χ3v) is 9.43. The number of anilines is 1. The summed E-state index contributed by atoms with van der Waals surface area (Å²) in [5.41, 5.74) is 4.46. The molecule has 1 fully saturated rings. The lowest BCUT2D eigenvalue weighted by Gasteiger charge is -2.25. The zero-order chi connectivity index (χ0) is 24.2. The van der Waals surface area contributed by atoms with E-state index in [1.165, 1.54) is 16.7 Å². The van der Waals surface area contributed by atoms with Crippen molar-refractivity contribution in [1.82, 2.24) is 14.3 Å². The topological polar surface area (TPSA) is 66.4 Å². The molecule has 35 heavy (non-hydrogen) atoms. The van der Waals surface area contributed by atoms with Gasteiger partial charge < -0.3 is 4.90 Å². The van der Waals surface area contributed by atoms with E-state index < -0.39 is 10.0 Å². The number of aromatic nitrogens is 2. The van der Waals surface area contributed by atoms with Crippen LogP contribution in [0, 0.1) is 5.41 Å². The van der Waals surface area contributed by atoms with Gasteiger partial charge >= 0.3 is 0 Å². The summed E-state index contributed by atoms with van der Waals surface area (Å²) in [4.78, 5) is 11.2. The minimum Gasteiger partial charge on any atom is -0.362 e. The molecule has 1 unspecified atom stereocenters. The van der Waals surface area contributed by atoms with Crippen molar-refractivity contribution >= 4 is 26.5 Å². The van der Waals surface area contributed by atoms with Crippen LogP contribution >= 0.6 is 0 Å². The third kappa shape index (κ3) is 3.70. The molecule has 7 heteroatoms. The Morgan fingerprint density at radius 3 is 2.40 bits per heavy atom. The van der Waals surface area contributed by atoms with Gasteiger partial charge in [-0.25, -0.2) is 8.42 Å². The van der Waals surface area contributed by atoms with Crippen LogP contribution < -0.4 is 4.90 Å². The number of hydrogen-bond donors (Lipinski definition) is 0. The van der Waals surface area contributed by atoms with Crippen molar-refractivity contribution in [2.75, 3.05) is 18.0 Å². The quantitative estimate of drug-likeness (QED) is 0.409. The number of hydrogen-bond acceptors (Lipinski definition) is 5. The summed E-state index contributed by atoms with van der Waals surface area (Å²) in [5.74, 6) is 0.141. The van der Waals surface area contributed by atoms with Crippen LogP contribution in [-0.2, 0) is 23.1 Å². The van der Waals surface area contributed by atoms with Crippen LogP contribution in [0.5, 0.6) is 0 Å². The zero-order valence-corrected chi connectivity index (χ0v) is 20.7. The number of sulfonamides is 1. The fraction of sp³-hybridized carbons (Fsp3) is 0.286. The van der Waals surface area contributed by atoms with Gasteiger partial charge in [0.15, 0.2) is 0 Å². The number of pyridine rings is 2. The van der Waals surface area contributed by atoms with E-state index in [1.807, 2.05) is 48.8 Å². The molecule has 0 bridgehead atoms. The minimum atomic E-state index is -3.69. The molecular weight excluding hydrogens is 456 g/mol. The molecule has 0 spiro atoms. The first-order valence-corrected chi connectivity index (χ1v) is 13.4. The Morgan fingerprint density at radius 1 is 0.857 bits per heavy atom. The predicted molar refractivity (Wildman–Crippen MR) is 138 cm³/mol. The summed E-state index contributed by atoms with van der Waals surface area (Å²) in [6.07, 6.45) is 7.19. The second kappa shape index (κ2) is 8.14. The Bertz CT molecular complexity index is 1490. The molecule has 6 rings (SSSR count). The van der Waals surface area contributed by atoms with Gasteiger partial charge in [0.05, 0.1) is 4.90 Å². The van der Waals surface area contributed by atoms with Crippen molar-refractivity contribution < 1.29 is 8.42 Å². The lowest BCUT2D eigenvalue weighted by atomic mass is 9.78. The largest absolute Gasteiger partial charge is 0.362 e. The molecule has 1 saturated heterocycles. The highest BCUT2D eigenvalue weighted by Crippen LogP contribution is 2.45. The second-order valence-corrected chi connectivity index (χ2v) is 12.2. The first-order chi connectivity index (χ1) is 16.8. The fourth-order valence-corrected chi connectivity index (χ4v) is 7.50. The molecule has 2 aliphatic rings. The van der Waals surface area contributed by atoms with Crippen LogP contribution in [-0.4, -0.2) is 35.8 Å². The maximum absolute atomic E-state index is 14.0. The molecular formula is C28H28N4O2S. The standard InChI is InChI=1S/C28H28N4O2S/c1-28(2)19-32(18-25(28)20-6-4-3-5-7-20)35(33,34)27-9-8-26(24-15-30-13-11-23(24)27)31-16-21-10-12-29-14-22(21)17-31/h3-15,25H,16-19H2,1-2H3. The Hall–Kier alpha value is -3.29. The van der Waals surface area contributed by atoms with Gasteiger partial charge in [-0.15, -0.1) is 0 Å². The molecule has 0 aliphatic carbocycles. The molecule has 4 heterocycles. The van der Waals surface area contributed by atoms with Gasteiger partial charge in [-0.1, -0.05) is 44.2 Å². The van der Waals surface area contributed by atoms with E-state index in [0.717, 1.165) is 24.2 Å². The van der Waals surface area contributed by atoms with E-state index in [4.69, 9.17) is 0 Å². The van der Waals surface area contributed by atoms with Crippen LogP contribution in [0.1, 0.15) is 36.5 Å². The summed E-state index contributed by atoms with van der Waals surface area (Å²) < 4.78 is 29.7. The van der Waals surface area contributed by atoms with Crippen LogP contribution in [0.3, 0.4) is 0 Å². The van der Waals surface area contributed by atoms with Crippen molar-refractivity contribution in [3.63, 3.8) is 0 Å². The molecule has 4 aromatic rings. The molecule has 2 aromatic carbocycles. The van der Waals surface area contributed by atoms with Crippen LogP contribution in [0.25, 0.3) is 10.8 Å². The van der Waals surface area contributed by atoms with E-state index in [-0.39, 0.29) is 11.3 Å². The lowest BCUT2D eigenvalue weighted by molar-refractivity contribution is 0.347. The number of benzene rings is 2. The summed E-state index contributed by atoms with van der Waals surface area (Å²) in [5, 5.41) is 1.57. The summed E-state index contributed by atoms with van der Waals surface area (Å²) >= 11 is 0. The normalized spacial score (nSPS) is 19.8. The van der Waals surface area contributed by atoms with Crippen molar-refractivity contribution in [1.29, 1.82) is 0 Å². The Morgan fingerprint density at radius 2 is 1.60 bits per heavy atom.